The lowest BCUT2D eigenvalue weighted by molar-refractivity contribution is 0.475. The maximum Gasteiger partial charge on any atom is 0.117 e. The first-order chi connectivity index (χ1) is 8.29. The summed E-state index contributed by atoms with van der Waals surface area (Å²) < 4.78 is 1.71. The van der Waals surface area contributed by atoms with Crippen LogP contribution >= 0.6 is 0 Å². The standard InChI is InChI=1S/C12H16N4O/c13-5-2-6-14-10-8-15-16(9-10)11-3-1-4-12(17)7-11/h1,3-4,7-9,14,17H,2,5-6,13H2. The number of aromatic nitrogens is 2. The Morgan fingerprint density at radius 2 is 2.29 bits per heavy atom. The van der Waals surface area contributed by atoms with Crippen molar-refractivity contribution in [2.24, 2.45) is 5.73 Å². The summed E-state index contributed by atoms with van der Waals surface area (Å²) in [6, 6.07) is 6.97. The lowest BCUT2D eigenvalue weighted by Crippen LogP contribution is -2.07. The van der Waals surface area contributed by atoms with E-state index in [9.17, 15) is 5.11 Å². The minimum atomic E-state index is 0.232. The first-order valence-electron chi connectivity index (χ1n) is 5.57. The predicted molar refractivity (Wildman–Crippen MR) is 67.4 cm³/mol. The van der Waals surface area contributed by atoms with Gasteiger partial charge in [-0.25, -0.2) is 4.68 Å². The second-order valence-electron chi connectivity index (χ2n) is 3.76. The van der Waals surface area contributed by atoms with Crippen LogP contribution in [0.4, 0.5) is 5.69 Å². The highest BCUT2D eigenvalue weighted by Gasteiger charge is 2.00. The van der Waals surface area contributed by atoms with Crippen LogP contribution in [0.1, 0.15) is 6.42 Å². The quantitative estimate of drug-likeness (QED) is 0.680. The Bertz CT molecular complexity index is 481. The second-order valence-corrected chi connectivity index (χ2v) is 3.76. The first kappa shape index (κ1) is 11.5. The average molecular weight is 232 g/mol. The van der Waals surface area contributed by atoms with E-state index < -0.39 is 0 Å². The van der Waals surface area contributed by atoms with Gasteiger partial charge in [0.25, 0.3) is 0 Å². The van der Waals surface area contributed by atoms with E-state index in [1.54, 1.807) is 29.1 Å². The van der Waals surface area contributed by atoms with Crippen LogP contribution in [0.25, 0.3) is 5.69 Å². The van der Waals surface area contributed by atoms with Gasteiger partial charge in [-0.2, -0.15) is 5.10 Å². The zero-order chi connectivity index (χ0) is 12.1. The molecule has 1 heterocycles. The third-order valence-corrected chi connectivity index (χ3v) is 2.39. The van der Waals surface area contributed by atoms with Crippen molar-refractivity contribution in [1.82, 2.24) is 9.78 Å². The molecule has 0 amide bonds. The van der Waals surface area contributed by atoms with Crippen molar-refractivity contribution in [3.8, 4) is 11.4 Å². The third-order valence-electron chi connectivity index (χ3n) is 2.39. The predicted octanol–water partition coefficient (Wildman–Crippen LogP) is 1.34. The van der Waals surface area contributed by atoms with Crippen molar-refractivity contribution in [2.45, 2.75) is 6.42 Å². The molecule has 5 heteroatoms. The minimum absolute atomic E-state index is 0.232. The van der Waals surface area contributed by atoms with Crippen molar-refractivity contribution in [3.05, 3.63) is 36.7 Å². The number of hydrogen-bond acceptors (Lipinski definition) is 4. The molecule has 0 spiro atoms. The van der Waals surface area contributed by atoms with E-state index >= 15 is 0 Å². The van der Waals surface area contributed by atoms with Gasteiger partial charge in [0.05, 0.1) is 23.8 Å². The van der Waals surface area contributed by atoms with Crippen LogP contribution in [0, 0.1) is 0 Å². The van der Waals surface area contributed by atoms with Gasteiger partial charge in [-0.3, -0.25) is 0 Å². The average Bonchev–Trinajstić information content (AvgIpc) is 2.78. The van der Waals surface area contributed by atoms with Crippen LogP contribution < -0.4 is 11.1 Å². The summed E-state index contributed by atoms with van der Waals surface area (Å²) in [4.78, 5) is 0. The van der Waals surface area contributed by atoms with E-state index in [0.29, 0.717) is 6.54 Å². The number of aromatic hydroxyl groups is 1. The second kappa shape index (κ2) is 5.36. The van der Waals surface area contributed by atoms with E-state index in [1.165, 1.54) is 0 Å². The van der Waals surface area contributed by atoms with Crippen LogP contribution in [0.2, 0.25) is 0 Å². The van der Waals surface area contributed by atoms with E-state index in [2.05, 4.69) is 10.4 Å². The molecule has 0 aliphatic heterocycles. The Hall–Kier alpha value is -2.01. The fourth-order valence-electron chi connectivity index (χ4n) is 1.53. The van der Waals surface area contributed by atoms with Crippen molar-refractivity contribution in [3.63, 3.8) is 0 Å². The number of hydrogen-bond donors (Lipinski definition) is 3. The Labute approximate surface area is 99.9 Å². The largest absolute Gasteiger partial charge is 0.508 e. The fourth-order valence-corrected chi connectivity index (χ4v) is 1.53. The topological polar surface area (TPSA) is 76.1 Å². The number of rotatable bonds is 5. The summed E-state index contributed by atoms with van der Waals surface area (Å²) >= 11 is 0. The van der Waals surface area contributed by atoms with Gasteiger partial charge in [0.2, 0.25) is 0 Å². The smallest absolute Gasteiger partial charge is 0.117 e. The van der Waals surface area contributed by atoms with Crippen LogP contribution in [-0.4, -0.2) is 28.0 Å². The van der Waals surface area contributed by atoms with Gasteiger partial charge in [0, 0.05) is 12.6 Å². The molecule has 0 saturated heterocycles. The molecule has 2 aromatic rings. The van der Waals surface area contributed by atoms with Gasteiger partial charge in [0.15, 0.2) is 0 Å². The molecular formula is C12H16N4O. The Balaban J connectivity index is 2.07. The summed E-state index contributed by atoms with van der Waals surface area (Å²) in [6.45, 7) is 1.51. The van der Waals surface area contributed by atoms with Crippen molar-refractivity contribution in [1.29, 1.82) is 0 Å². The van der Waals surface area contributed by atoms with E-state index in [1.807, 2.05) is 12.3 Å². The van der Waals surface area contributed by atoms with E-state index in [0.717, 1.165) is 24.3 Å². The fraction of sp³-hybridized carbons (Fsp3) is 0.250. The van der Waals surface area contributed by atoms with Gasteiger partial charge in [-0.1, -0.05) is 6.07 Å². The molecule has 0 aliphatic rings. The number of nitrogens with two attached hydrogens (primary N) is 1. The van der Waals surface area contributed by atoms with Gasteiger partial charge < -0.3 is 16.2 Å². The maximum atomic E-state index is 9.38. The molecule has 0 atom stereocenters. The molecule has 0 saturated carbocycles. The number of benzene rings is 1. The first-order valence-corrected chi connectivity index (χ1v) is 5.57. The van der Waals surface area contributed by atoms with E-state index in [-0.39, 0.29) is 5.75 Å². The monoisotopic (exact) mass is 232 g/mol. The summed E-state index contributed by atoms with van der Waals surface area (Å²) in [7, 11) is 0. The molecule has 4 N–H and O–H groups in total. The molecule has 0 fully saturated rings. The van der Waals surface area contributed by atoms with Crippen molar-refractivity contribution < 1.29 is 5.11 Å². The number of phenols is 1. The summed E-state index contributed by atoms with van der Waals surface area (Å²) in [5.41, 5.74) is 7.19. The molecule has 17 heavy (non-hydrogen) atoms. The van der Waals surface area contributed by atoms with Crippen LogP contribution in [0.5, 0.6) is 5.75 Å². The number of anilines is 1. The van der Waals surface area contributed by atoms with E-state index in [4.69, 9.17) is 5.73 Å². The molecule has 0 unspecified atom stereocenters. The molecule has 2 rings (SSSR count). The Morgan fingerprint density at radius 3 is 3.06 bits per heavy atom. The molecule has 0 aliphatic carbocycles. The lowest BCUT2D eigenvalue weighted by atomic mass is 10.3. The molecule has 1 aromatic carbocycles. The number of nitrogens with zero attached hydrogens (tertiary/aromatic N) is 2. The zero-order valence-corrected chi connectivity index (χ0v) is 9.50. The molecule has 5 nitrogen and oxygen atoms in total. The molecule has 90 valence electrons. The highest BCUT2D eigenvalue weighted by molar-refractivity contribution is 5.44. The molecule has 0 bridgehead atoms. The normalized spacial score (nSPS) is 10.4. The molecular weight excluding hydrogens is 216 g/mol. The molecule has 1 aromatic heterocycles. The van der Waals surface area contributed by atoms with Gasteiger partial charge >= 0.3 is 0 Å². The Kier molecular flexibility index (Phi) is 3.62. The zero-order valence-electron chi connectivity index (χ0n) is 9.50. The lowest BCUT2D eigenvalue weighted by Gasteiger charge is -2.02. The van der Waals surface area contributed by atoms with Crippen LogP contribution in [-0.2, 0) is 0 Å². The van der Waals surface area contributed by atoms with Crippen LogP contribution in [0.15, 0.2) is 36.7 Å². The highest BCUT2D eigenvalue weighted by Crippen LogP contribution is 2.16. The van der Waals surface area contributed by atoms with Crippen LogP contribution in [0.3, 0.4) is 0 Å². The molecule has 0 radical (unpaired) electrons. The third kappa shape index (κ3) is 2.98. The summed E-state index contributed by atoms with van der Waals surface area (Å²) in [5.74, 6) is 0.232. The van der Waals surface area contributed by atoms with Gasteiger partial charge in [0.1, 0.15) is 5.75 Å². The van der Waals surface area contributed by atoms with Crippen molar-refractivity contribution in [2.75, 3.05) is 18.4 Å². The Morgan fingerprint density at radius 1 is 1.41 bits per heavy atom. The highest BCUT2D eigenvalue weighted by atomic mass is 16.3. The SMILES string of the molecule is NCCCNc1cnn(-c2cccc(O)c2)c1. The summed E-state index contributed by atoms with van der Waals surface area (Å²) in [6.07, 6.45) is 4.56. The minimum Gasteiger partial charge on any atom is -0.508 e. The number of nitrogens with one attached hydrogen (secondary N) is 1. The number of phenolic OH excluding ortho intramolecular Hbond substituents is 1. The van der Waals surface area contributed by atoms with Gasteiger partial charge in [-0.15, -0.1) is 0 Å². The summed E-state index contributed by atoms with van der Waals surface area (Å²) in [5, 5.41) is 16.8. The van der Waals surface area contributed by atoms with Gasteiger partial charge in [-0.05, 0) is 25.1 Å². The van der Waals surface area contributed by atoms with Crippen molar-refractivity contribution >= 4 is 5.69 Å². The maximum absolute atomic E-state index is 9.38.